The van der Waals surface area contributed by atoms with Crippen molar-refractivity contribution in [1.82, 2.24) is 10.6 Å². The molecule has 0 spiro atoms. The van der Waals surface area contributed by atoms with Gasteiger partial charge in [-0.05, 0) is 38.4 Å². The van der Waals surface area contributed by atoms with E-state index in [0.29, 0.717) is 18.9 Å². The molecule has 1 amide bonds. The fourth-order valence-electron chi connectivity index (χ4n) is 1.79. The minimum Gasteiger partial charge on any atom is -0.356 e. The zero-order valence-corrected chi connectivity index (χ0v) is 12.8. The summed E-state index contributed by atoms with van der Waals surface area (Å²) in [6, 6.07) is 8.49. The van der Waals surface area contributed by atoms with Gasteiger partial charge in [0.2, 0.25) is 5.91 Å². The monoisotopic (exact) mass is 284 g/mol. The van der Waals surface area contributed by atoms with E-state index >= 15 is 0 Å². The molecule has 0 radical (unpaired) electrons. The first-order valence-corrected chi connectivity index (χ1v) is 6.61. The summed E-state index contributed by atoms with van der Waals surface area (Å²) in [7, 11) is 1.90. The number of nitrogens with one attached hydrogen (secondary N) is 2. The van der Waals surface area contributed by atoms with Crippen LogP contribution < -0.4 is 10.6 Å². The molecule has 1 rings (SSSR count). The van der Waals surface area contributed by atoms with Crippen molar-refractivity contribution in [2.45, 2.75) is 32.6 Å². The van der Waals surface area contributed by atoms with Crippen LogP contribution in [0, 0.1) is 6.92 Å². The first kappa shape index (κ1) is 17.9. The Morgan fingerprint density at radius 1 is 1.26 bits per heavy atom. The van der Waals surface area contributed by atoms with E-state index in [9.17, 15) is 4.79 Å². The van der Waals surface area contributed by atoms with Crippen molar-refractivity contribution in [3.63, 3.8) is 0 Å². The number of carbonyl (C=O) groups is 1. The molecule has 0 saturated carbocycles. The molecule has 3 nitrogen and oxygen atoms in total. The highest BCUT2D eigenvalue weighted by molar-refractivity contribution is 5.85. The Kier molecular flexibility index (Phi) is 9.27. The average Bonchev–Trinajstić information content (AvgIpc) is 2.37. The van der Waals surface area contributed by atoms with E-state index in [4.69, 9.17) is 0 Å². The predicted octanol–water partition coefficient (Wildman–Crippen LogP) is 2.64. The molecule has 4 heteroatoms. The Hall–Kier alpha value is -1.06. The Morgan fingerprint density at radius 2 is 1.89 bits per heavy atom. The molecule has 108 valence electrons. The fourth-order valence-corrected chi connectivity index (χ4v) is 1.79. The highest BCUT2D eigenvalue weighted by Crippen LogP contribution is 2.14. The van der Waals surface area contributed by atoms with E-state index in [1.54, 1.807) is 0 Å². The molecule has 19 heavy (non-hydrogen) atoms. The van der Waals surface area contributed by atoms with Gasteiger partial charge in [0.05, 0.1) is 0 Å². The lowest BCUT2D eigenvalue weighted by Crippen LogP contribution is -2.27. The molecule has 0 fully saturated rings. The number of carbonyl (C=O) groups excluding carboxylic acids is 1. The first-order chi connectivity index (χ1) is 8.63. The summed E-state index contributed by atoms with van der Waals surface area (Å²) in [5, 5.41) is 6.03. The summed E-state index contributed by atoms with van der Waals surface area (Å²) in [5.41, 5.74) is 2.54. The lowest BCUT2D eigenvalue weighted by Gasteiger charge is -2.13. The maximum atomic E-state index is 11.6. The second kappa shape index (κ2) is 9.82. The summed E-state index contributed by atoms with van der Waals surface area (Å²) in [4.78, 5) is 11.6. The fraction of sp³-hybridized carbons (Fsp3) is 0.533. The highest BCUT2D eigenvalue weighted by atomic mass is 35.5. The van der Waals surface area contributed by atoms with Crippen molar-refractivity contribution in [2.75, 3.05) is 20.1 Å². The van der Waals surface area contributed by atoms with Gasteiger partial charge in [-0.15, -0.1) is 12.4 Å². The van der Waals surface area contributed by atoms with Crippen LogP contribution in [-0.2, 0) is 4.79 Å². The topological polar surface area (TPSA) is 41.1 Å². The van der Waals surface area contributed by atoms with Crippen LogP contribution in [0.25, 0.3) is 0 Å². The van der Waals surface area contributed by atoms with Crippen molar-refractivity contribution in [1.29, 1.82) is 0 Å². The van der Waals surface area contributed by atoms with Crippen LogP contribution in [0.4, 0.5) is 0 Å². The van der Waals surface area contributed by atoms with Crippen LogP contribution in [0.15, 0.2) is 24.3 Å². The van der Waals surface area contributed by atoms with Gasteiger partial charge in [0.1, 0.15) is 0 Å². The smallest absolute Gasteiger partial charge is 0.220 e. The van der Waals surface area contributed by atoms with Crippen molar-refractivity contribution >= 4 is 18.3 Å². The Labute approximate surface area is 122 Å². The SMILES string of the molecule is CNCCCC(=O)NCC(C)c1ccc(C)cc1.Cl. The van der Waals surface area contributed by atoms with Crippen LogP contribution in [0.2, 0.25) is 0 Å². The summed E-state index contributed by atoms with van der Waals surface area (Å²) in [5.74, 6) is 0.503. The molecule has 0 bridgehead atoms. The van der Waals surface area contributed by atoms with Crippen molar-refractivity contribution in [2.24, 2.45) is 0 Å². The van der Waals surface area contributed by atoms with E-state index in [-0.39, 0.29) is 18.3 Å². The van der Waals surface area contributed by atoms with Gasteiger partial charge in [0, 0.05) is 13.0 Å². The quantitative estimate of drug-likeness (QED) is 0.756. The Morgan fingerprint density at radius 3 is 2.47 bits per heavy atom. The maximum Gasteiger partial charge on any atom is 0.220 e. The van der Waals surface area contributed by atoms with E-state index in [2.05, 4.69) is 48.7 Å². The molecule has 0 aliphatic rings. The molecule has 2 N–H and O–H groups in total. The van der Waals surface area contributed by atoms with Crippen molar-refractivity contribution in [3.05, 3.63) is 35.4 Å². The molecule has 0 saturated heterocycles. The Balaban J connectivity index is 0.00000324. The third kappa shape index (κ3) is 7.19. The average molecular weight is 285 g/mol. The van der Waals surface area contributed by atoms with Crippen LogP contribution in [0.1, 0.15) is 36.8 Å². The van der Waals surface area contributed by atoms with Gasteiger partial charge in [0.25, 0.3) is 0 Å². The number of halogens is 1. The summed E-state index contributed by atoms with van der Waals surface area (Å²) < 4.78 is 0. The summed E-state index contributed by atoms with van der Waals surface area (Å²) in [6.07, 6.45) is 1.49. The second-order valence-electron chi connectivity index (χ2n) is 4.82. The van der Waals surface area contributed by atoms with Crippen LogP contribution in [0.5, 0.6) is 0 Å². The van der Waals surface area contributed by atoms with E-state index < -0.39 is 0 Å². The molecule has 1 aromatic carbocycles. The number of aryl methyl sites for hydroxylation is 1. The van der Waals surface area contributed by atoms with Gasteiger partial charge in [-0.25, -0.2) is 0 Å². The van der Waals surface area contributed by atoms with E-state index in [1.165, 1.54) is 11.1 Å². The molecule has 0 aromatic heterocycles. The van der Waals surface area contributed by atoms with Crippen molar-refractivity contribution < 1.29 is 4.79 Å². The molecule has 0 aliphatic carbocycles. The van der Waals surface area contributed by atoms with Crippen LogP contribution in [-0.4, -0.2) is 26.0 Å². The number of amides is 1. The van der Waals surface area contributed by atoms with Gasteiger partial charge < -0.3 is 10.6 Å². The number of benzene rings is 1. The van der Waals surface area contributed by atoms with Crippen LogP contribution in [0.3, 0.4) is 0 Å². The van der Waals surface area contributed by atoms with Crippen LogP contribution >= 0.6 is 12.4 Å². The van der Waals surface area contributed by atoms with E-state index in [1.807, 2.05) is 7.05 Å². The van der Waals surface area contributed by atoms with Crippen molar-refractivity contribution in [3.8, 4) is 0 Å². The predicted molar refractivity (Wildman–Crippen MR) is 83.0 cm³/mol. The summed E-state index contributed by atoms with van der Waals surface area (Å²) in [6.45, 7) is 5.82. The third-order valence-corrected chi connectivity index (χ3v) is 3.08. The van der Waals surface area contributed by atoms with Gasteiger partial charge in [-0.1, -0.05) is 36.8 Å². The minimum atomic E-state index is 0. The standard InChI is InChI=1S/C15H24N2O.ClH/c1-12-6-8-14(9-7-12)13(2)11-17-15(18)5-4-10-16-3;/h6-9,13,16H,4-5,10-11H2,1-3H3,(H,17,18);1H. The molecule has 1 aromatic rings. The molecule has 0 aliphatic heterocycles. The highest BCUT2D eigenvalue weighted by Gasteiger charge is 2.07. The minimum absolute atomic E-state index is 0. The first-order valence-electron chi connectivity index (χ1n) is 6.61. The van der Waals surface area contributed by atoms with Gasteiger partial charge in [0.15, 0.2) is 0 Å². The largest absolute Gasteiger partial charge is 0.356 e. The van der Waals surface area contributed by atoms with Gasteiger partial charge >= 0.3 is 0 Å². The number of hydrogen-bond donors (Lipinski definition) is 2. The number of rotatable bonds is 7. The number of hydrogen-bond acceptors (Lipinski definition) is 2. The maximum absolute atomic E-state index is 11.6. The Bertz CT molecular complexity index is 365. The molecular formula is C15H25ClN2O. The molecule has 1 unspecified atom stereocenters. The van der Waals surface area contributed by atoms with Gasteiger partial charge in [-0.3, -0.25) is 4.79 Å². The molecular weight excluding hydrogens is 260 g/mol. The lowest BCUT2D eigenvalue weighted by atomic mass is 10.00. The zero-order chi connectivity index (χ0) is 13.4. The lowest BCUT2D eigenvalue weighted by molar-refractivity contribution is -0.121. The molecule has 0 heterocycles. The summed E-state index contributed by atoms with van der Waals surface area (Å²) >= 11 is 0. The normalized spacial score (nSPS) is 11.5. The van der Waals surface area contributed by atoms with E-state index in [0.717, 1.165) is 13.0 Å². The van der Waals surface area contributed by atoms with Gasteiger partial charge in [-0.2, -0.15) is 0 Å². The molecule has 1 atom stereocenters. The second-order valence-corrected chi connectivity index (χ2v) is 4.82. The zero-order valence-electron chi connectivity index (χ0n) is 12.0. The third-order valence-electron chi connectivity index (χ3n) is 3.08.